The zero-order chi connectivity index (χ0) is 17.1. The second-order valence-corrected chi connectivity index (χ2v) is 6.31. The molecule has 0 radical (unpaired) electrons. The number of fused-ring (bicyclic) bond motifs is 1. The van der Waals surface area contributed by atoms with E-state index in [0.717, 1.165) is 31.5 Å². The van der Waals surface area contributed by atoms with E-state index in [0.29, 0.717) is 12.2 Å². The summed E-state index contributed by atoms with van der Waals surface area (Å²) in [5.74, 6) is -0.196. The highest BCUT2D eigenvalue weighted by Crippen LogP contribution is 2.22. The van der Waals surface area contributed by atoms with Gasteiger partial charge in [0, 0.05) is 37.7 Å². The maximum Gasteiger partial charge on any atom is 0.271 e. The van der Waals surface area contributed by atoms with Gasteiger partial charge in [-0.05, 0) is 41.7 Å². The van der Waals surface area contributed by atoms with Gasteiger partial charge in [0.15, 0.2) is 0 Å². The Morgan fingerprint density at radius 1 is 1.16 bits per heavy atom. The standard InChI is InChI=1S/C20H20N4O/c25-20(19-14-21-8-9-22-19)23-13-15-4-5-16-6-10-24(18-2-1-3-18)11-7-17(16)12-15/h1-5,8-9,12,14H,6-7,10-11,13H2,(H,23,25). The summed E-state index contributed by atoms with van der Waals surface area (Å²) in [6.45, 7) is 2.60. The van der Waals surface area contributed by atoms with Crippen molar-refractivity contribution >= 4 is 5.91 Å². The predicted octanol–water partition coefficient (Wildman–Crippen LogP) is 2.26. The molecule has 1 aliphatic carbocycles. The molecule has 5 nitrogen and oxygen atoms in total. The molecule has 0 saturated heterocycles. The SMILES string of the molecule is O=C(NCc1ccc2c(c1)CCN(C1=CC=C1)CC2)c1cnccn1. The van der Waals surface area contributed by atoms with Crippen LogP contribution < -0.4 is 5.32 Å². The average molecular weight is 332 g/mol. The zero-order valence-electron chi connectivity index (χ0n) is 14.0. The zero-order valence-corrected chi connectivity index (χ0v) is 14.0. The second kappa shape index (κ2) is 6.89. The summed E-state index contributed by atoms with van der Waals surface area (Å²) in [5.41, 5.74) is 5.60. The van der Waals surface area contributed by atoms with E-state index in [1.54, 1.807) is 6.20 Å². The van der Waals surface area contributed by atoms with E-state index in [1.165, 1.54) is 29.2 Å². The second-order valence-electron chi connectivity index (χ2n) is 6.31. The highest BCUT2D eigenvalue weighted by molar-refractivity contribution is 5.91. The van der Waals surface area contributed by atoms with Crippen LogP contribution in [0.5, 0.6) is 0 Å². The summed E-state index contributed by atoms with van der Waals surface area (Å²) in [7, 11) is 0. The van der Waals surface area contributed by atoms with Crippen molar-refractivity contribution in [1.29, 1.82) is 0 Å². The molecule has 0 unspecified atom stereocenters. The first-order chi connectivity index (χ1) is 12.3. The number of nitrogens with zero attached hydrogens (tertiary/aromatic N) is 3. The van der Waals surface area contributed by atoms with Crippen LogP contribution in [0.2, 0.25) is 0 Å². The van der Waals surface area contributed by atoms with Crippen molar-refractivity contribution in [3.05, 3.63) is 83.1 Å². The Morgan fingerprint density at radius 2 is 2.00 bits per heavy atom. The van der Waals surface area contributed by atoms with Crippen LogP contribution in [0.3, 0.4) is 0 Å². The quantitative estimate of drug-likeness (QED) is 0.933. The largest absolute Gasteiger partial charge is 0.371 e. The Labute approximate surface area is 147 Å². The third kappa shape index (κ3) is 3.45. The molecule has 1 aromatic heterocycles. The molecule has 0 fully saturated rings. The van der Waals surface area contributed by atoms with Gasteiger partial charge in [-0.15, -0.1) is 0 Å². The fourth-order valence-electron chi connectivity index (χ4n) is 3.23. The fraction of sp³-hybridized carbons (Fsp3) is 0.250. The Balaban J connectivity index is 1.40. The van der Waals surface area contributed by atoms with Crippen molar-refractivity contribution in [3.8, 4) is 0 Å². The molecule has 0 spiro atoms. The minimum absolute atomic E-state index is 0.196. The number of hydrogen-bond donors (Lipinski definition) is 1. The lowest BCUT2D eigenvalue weighted by Crippen LogP contribution is -2.26. The molecule has 1 N–H and O–H groups in total. The summed E-state index contributed by atoms with van der Waals surface area (Å²) >= 11 is 0. The van der Waals surface area contributed by atoms with E-state index < -0.39 is 0 Å². The third-order valence-electron chi connectivity index (χ3n) is 4.72. The molecular weight excluding hydrogens is 312 g/mol. The molecule has 25 heavy (non-hydrogen) atoms. The minimum atomic E-state index is -0.196. The summed E-state index contributed by atoms with van der Waals surface area (Å²) < 4.78 is 0. The van der Waals surface area contributed by atoms with Gasteiger partial charge in [0.25, 0.3) is 5.91 Å². The number of carbonyl (C=O) groups is 1. The lowest BCUT2D eigenvalue weighted by molar-refractivity contribution is 0.0945. The Morgan fingerprint density at radius 3 is 2.72 bits per heavy atom. The number of nitrogens with one attached hydrogen (secondary N) is 1. The van der Waals surface area contributed by atoms with E-state index in [2.05, 4.69) is 56.6 Å². The number of rotatable bonds is 4. The normalized spacial score (nSPS) is 15.7. The van der Waals surface area contributed by atoms with Gasteiger partial charge in [0.2, 0.25) is 0 Å². The van der Waals surface area contributed by atoms with Gasteiger partial charge in [-0.2, -0.15) is 0 Å². The predicted molar refractivity (Wildman–Crippen MR) is 95.8 cm³/mol. The van der Waals surface area contributed by atoms with Gasteiger partial charge in [0.1, 0.15) is 5.69 Å². The first kappa shape index (κ1) is 15.6. The molecule has 0 saturated carbocycles. The number of aromatic nitrogens is 2. The van der Waals surface area contributed by atoms with Crippen LogP contribution in [-0.2, 0) is 19.4 Å². The smallest absolute Gasteiger partial charge is 0.271 e. The number of hydrogen-bond acceptors (Lipinski definition) is 4. The number of benzene rings is 1. The van der Waals surface area contributed by atoms with E-state index in [1.807, 2.05) is 0 Å². The monoisotopic (exact) mass is 332 g/mol. The van der Waals surface area contributed by atoms with Crippen LogP contribution in [0.1, 0.15) is 27.2 Å². The van der Waals surface area contributed by atoms with Gasteiger partial charge < -0.3 is 10.2 Å². The molecular formula is C20H20N4O. The van der Waals surface area contributed by atoms with E-state index in [4.69, 9.17) is 0 Å². The van der Waals surface area contributed by atoms with Crippen molar-refractivity contribution in [2.75, 3.05) is 13.1 Å². The lowest BCUT2D eigenvalue weighted by atomic mass is 10.00. The lowest BCUT2D eigenvalue weighted by Gasteiger charge is -2.26. The van der Waals surface area contributed by atoms with Crippen LogP contribution in [-0.4, -0.2) is 33.9 Å². The van der Waals surface area contributed by atoms with E-state index >= 15 is 0 Å². The summed E-state index contributed by atoms with van der Waals surface area (Å²) in [5, 5.41) is 2.91. The number of allylic oxidation sites excluding steroid dienone is 3. The molecule has 2 heterocycles. The van der Waals surface area contributed by atoms with Gasteiger partial charge in [-0.25, -0.2) is 4.98 Å². The maximum absolute atomic E-state index is 12.1. The van der Waals surface area contributed by atoms with Crippen molar-refractivity contribution in [3.63, 3.8) is 0 Å². The van der Waals surface area contributed by atoms with Gasteiger partial charge in [-0.3, -0.25) is 9.78 Å². The van der Waals surface area contributed by atoms with Crippen LogP contribution in [0, 0.1) is 0 Å². The van der Waals surface area contributed by atoms with Crippen LogP contribution >= 0.6 is 0 Å². The van der Waals surface area contributed by atoms with Gasteiger partial charge in [0.05, 0.1) is 6.20 Å². The molecule has 1 aliphatic heterocycles. The van der Waals surface area contributed by atoms with Crippen LogP contribution in [0.25, 0.3) is 0 Å². The topological polar surface area (TPSA) is 58.1 Å². The Kier molecular flexibility index (Phi) is 4.29. The van der Waals surface area contributed by atoms with E-state index in [-0.39, 0.29) is 5.91 Å². The van der Waals surface area contributed by atoms with Crippen molar-refractivity contribution < 1.29 is 4.79 Å². The number of amides is 1. The molecule has 0 atom stereocenters. The molecule has 4 rings (SSSR count). The van der Waals surface area contributed by atoms with Crippen LogP contribution in [0.4, 0.5) is 0 Å². The Hall–Kier alpha value is -2.95. The highest BCUT2D eigenvalue weighted by Gasteiger charge is 2.16. The number of carbonyl (C=O) groups excluding carboxylic acids is 1. The van der Waals surface area contributed by atoms with E-state index in [9.17, 15) is 4.79 Å². The molecule has 2 aliphatic rings. The summed E-state index contributed by atoms with van der Waals surface area (Å²) in [4.78, 5) is 22.5. The fourth-order valence-corrected chi connectivity index (χ4v) is 3.23. The third-order valence-corrected chi connectivity index (χ3v) is 4.72. The molecule has 1 aromatic carbocycles. The summed E-state index contributed by atoms with van der Waals surface area (Å²) in [6.07, 6.45) is 13.1. The maximum atomic E-state index is 12.1. The van der Waals surface area contributed by atoms with Crippen molar-refractivity contribution in [2.24, 2.45) is 0 Å². The van der Waals surface area contributed by atoms with Crippen molar-refractivity contribution in [2.45, 2.75) is 19.4 Å². The molecule has 2 aromatic rings. The first-order valence-electron chi connectivity index (χ1n) is 8.58. The summed E-state index contributed by atoms with van der Waals surface area (Å²) in [6, 6.07) is 6.53. The minimum Gasteiger partial charge on any atom is -0.371 e. The first-order valence-corrected chi connectivity index (χ1v) is 8.58. The van der Waals surface area contributed by atoms with Crippen molar-refractivity contribution in [1.82, 2.24) is 20.2 Å². The molecule has 126 valence electrons. The highest BCUT2D eigenvalue weighted by atomic mass is 16.1. The van der Waals surface area contributed by atoms with Crippen LogP contribution in [0.15, 0.2) is 60.7 Å². The van der Waals surface area contributed by atoms with Gasteiger partial charge >= 0.3 is 0 Å². The average Bonchev–Trinajstić information content (AvgIpc) is 2.81. The Bertz CT molecular complexity index is 842. The molecule has 0 bridgehead atoms. The molecule has 5 heteroatoms. The molecule has 1 amide bonds. The van der Waals surface area contributed by atoms with Gasteiger partial charge in [-0.1, -0.05) is 24.3 Å².